The Morgan fingerprint density at radius 1 is 1.00 bits per heavy atom. The lowest BCUT2D eigenvalue weighted by Gasteiger charge is -2.06. The van der Waals surface area contributed by atoms with Gasteiger partial charge in [-0.3, -0.25) is 4.79 Å². The normalized spacial score (nSPS) is 10.6. The Balaban J connectivity index is 2.53. The Kier molecular flexibility index (Phi) is 3.88. The van der Waals surface area contributed by atoms with Gasteiger partial charge in [-0.2, -0.15) is 0 Å². The third kappa shape index (κ3) is 2.77. The van der Waals surface area contributed by atoms with Crippen molar-refractivity contribution in [2.75, 3.05) is 0 Å². The zero-order valence-electron chi connectivity index (χ0n) is 9.81. The fraction of sp³-hybridized carbons (Fsp3) is 0.0714. The molecule has 2 aromatic rings. The summed E-state index contributed by atoms with van der Waals surface area (Å²) >= 11 is 11.5. The predicted molar refractivity (Wildman–Crippen MR) is 71.0 cm³/mol. The van der Waals surface area contributed by atoms with Crippen LogP contribution in [-0.2, 0) is 0 Å². The summed E-state index contributed by atoms with van der Waals surface area (Å²) < 4.78 is 27.2. The van der Waals surface area contributed by atoms with Crippen LogP contribution < -0.4 is 0 Å². The number of ketones is 1. The van der Waals surface area contributed by atoms with Crippen molar-refractivity contribution in [3.63, 3.8) is 0 Å². The molecule has 98 valence electrons. The molecule has 0 N–H and O–H groups in total. The molecule has 2 aromatic carbocycles. The van der Waals surface area contributed by atoms with Crippen LogP contribution >= 0.6 is 23.2 Å². The van der Waals surface area contributed by atoms with Crippen molar-refractivity contribution in [1.82, 2.24) is 0 Å². The first-order valence-corrected chi connectivity index (χ1v) is 6.11. The standard InChI is InChI=1S/C14H8Cl2F2O/c1-7-2-3-11(13(18)12(7)17)14(19)8-4-9(15)6-10(16)5-8/h2-6H,1H3. The summed E-state index contributed by atoms with van der Waals surface area (Å²) in [5.74, 6) is -2.86. The van der Waals surface area contributed by atoms with Crippen LogP contribution in [-0.4, -0.2) is 5.78 Å². The summed E-state index contributed by atoms with van der Waals surface area (Å²) in [6.45, 7) is 1.42. The van der Waals surface area contributed by atoms with Crippen molar-refractivity contribution in [2.45, 2.75) is 6.92 Å². The van der Waals surface area contributed by atoms with Crippen LogP contribution in [0.1, 0.15) is 21.5 Å². The van der Waals surface area contributed by atoms with E-state index < -0.39 is 17.4 Å². The van der Waals surface area contributed by atoms with Gasteiger partial charge in [0.05, 0.1) is 5.56 Å². The number of benzene rings is 2. The van der Waals surface area contributed by atoms with Gasteiger partial charge in [-0.05, 0) is 36.8 Å². The molecular weight excluding hydrogens is 293 g/mol. The molecule has 0 aliphatic carbocycles. The van der Waals surface area contributed by atoms with Crippen molar-refractivity contribution in [3.8, 4) is 0 Å². The molecule has 0 saturated carbocycles. The van der Waals surface area contributed by atoms with Crippen molar-refractivity contribution in [2.24, 2.45) is 0 Å². The molecule has 0 heterocycles. The molecular formula is C14H8Cl2F2O. The highest BCUT2D eigenvalue weighted by Crippen LogP contribution is 2.23. The van der Waals surface area contributed by atoms with Crippen molar-refractivity contribution in [3.05, 3.63) is 68.7 Å². The SMILES string of the molecule is Cc1ccc(C(=O)c2cc(Cl)cc(Cl)c2)c(F)c1F. The lowest BCUT2D eigenvalue weighted by atomic mass is 10.0. The Morgan fingerprint density at radius 2 is 1.58 bits per heavy atom. The Morgan fingerprint density at radius 3 is 2.16 bits per heavy atom. The predicted octanol–water partition coefficient (Wildman–Crippen LogP) is 4.81. The van der Waals surface area contributed by atoms with Crippen molar-refractivity contribution < 1.29 is 13.6 Å². The smallest absolute Gasteiger partial charge is 0.196 e. The van der Waals surface area contributed by atoms with E-state index in [1.165, 1.54) is 37.3 Å². The third-order valence-electron chi connectivity index (χ3n) is 2.64. The average molecular weight is 301 g/mol. The average Bonchev–Trinajstić information content (AvgIpc) is 2.34. The van der Waals surface area contributed by atoms with Gasteiger partial charge in [0.15, 0.2) is 17.4 Å². The molecule has 0 amide bonds. The minimum atomic E-state index is -1.17. The van der Waals surface area contributed by atoms with Gasteiger partial charge in [-0.1, -0.05) is 29.3 Å². The van der Waals surface area contributed by atoms with E-state index in [-0.39, 0.29) is 26.7 Å². The van der Waals surface area contributed by atoms with E-state index >= 15 is 0 Å². The van der Waals surface area contributed by atoms with Crippen LogP contribution in [0, 0.1) is 18.6 Å². The number of hydrogen-bond donors (Lipinski definition) is 0. The number of aryl methyl sites for hydroxylation is 1. The van der Waals surface area contributed by atoms with Crippen molar-refractivity contribution in [1.29, 1.82) is 0 Å². The summed E-state index contributed by atoms with van der Waals surface area (Å²) in [4.78, 5) is 12.1. The summed E-state index contributed by atoms with van der Waals surface area (Å²) in [5, 5.41) is 0.507. The first-order valence-electron chi connectivity index (χ1n) is 5.35. The molecule has 1 nitrogen and oxygen atoms in total. The van der Waals surface area contributed by atoms with Gasteiger partial charge in [0.2, 0.25) is 0 Å². The number of halogens is 4. The Hall–Kier alpha value is -1.45. The maximum absolute atomic E-state index is 13.7. The topological polar surface area (TPSA) is 17.1 Å². The summed E-state index contributed by atoms with van der Waals surface area (Å²) in [5.41, 5.74) is -0.0979. The molecule has 0 atom stereocenters. The van der Waals surface area contributed by atoms with Crippen LogP contribution in [0.3, 0.4) is 0 Å². The van der Waals surface area contributed by atoms with Gasteiger partial charge in [0.25, 0.3) is 0 Å². The van der Waals surface area contributed by atoms with Crippen LogP contribution in [0.4, 0.5) is 8.78 Å². The fourth-order valence-corrected chi connectivity index (χ4v) is 2.19. The zero-order chi connectivity index (χ0) is 14.2. The summed E-state index contributed by atoms with van der Waals surface area (Å²) in [7, 11) is 0. The first-order chi connectivity index (χ1) is 8.90. The number of hydrogen-bond acceptors (Lipinski definition) is 1. The molecule has 0 unspecified atom stereocenters. The highest BCUT2D eigenvalue weighted by molar-refractivity contribution is 6.35. The second-order valence-corrected chi connectivity index (χ2v) is 4.92. The maximum atomic E-state index is 13.7. The second-order valence-electron chi connectivity index (χ2n) is 4.05. The fourth-order valence-electron chi connectivity index (χ4n) is 1.66. The lowest BCUT2D eigenvalue weighted by Crippen LogP contribution is -2.07. The van der Waals surface area contributed by atoms with E-state index in [4.69, 9.17) is 23.2 Å². The molecule has 0 aliphatic heterocycles. The van der Waals surface area contributed by atoms with Gasteiger partial charge in [0.1, 0.15) is 0 Å². The quantitative estimate of drug-likeness (QED) is 0.727. The van der Waals surface area contributed by atoms with Gasteiger partial charge in [0, 0.05) is 15.6 Å². The van der Waals surface area contributed by atoms with E-state index in [0.717, 1.165) is 0 Å². The molecule has 0 spiro atoms. The van der Waals surface area contributed by atoms with Crippen molar-refractivity contribution >= 4 is 29.0 Å². The van der Waals surface area contributed by atoms with E-state index in [1.54, 1.807) is 0 Å². The molecule has 5 heteroatoms. The molecule has 0 radical (unpaired) electrons. The van der Waals surface area contributed by atoms with Crippen LogP contribution in [0.15, 0.2) is 30.3 Å². The molecule has 19 heavy (non-hydrogen) atoms. The van der Waals surface area contributed by atoms with Crippen LogP contribution in [0.2, 0.25) is 10.0 Å². The molecule has 0 aromatic heterocycles. The molecule has 2 rings (SSSR count). The van der Waals surface area contributed by atoms with E-state index in [2.05, 4.69) is 0 Å². The van der Waals surface area contributed by atoms with Crippen LogP contribution in [0.25, 0.3) is 0 Å². The van der Waals surface area contributed by atoms with E-state index in [9.17, 15) is 13.6 Å². The van der Waals surface area contributed by atoms with Gasteiger partial charge >= 0.3 is 0 Å². The summed E-state index contributed by atoms with van der Waals surface area (Å²) in [6, 6.07) is 6.74. The molecule has 0 fully saturated rings. The highest BCUT2D eigenvalue weighted by atomic mass is 35.5. The van der Waals surface area contributed by atoms with Gasteiger partial charge in [-0.25, -0.2) is 8.78 Å². The highest BCUT2D eigenvalue weighted by Gasteiger charge is 2.19. The number of carbonyl (C=O) groups excluding carboxylic acids is 1. The van der Waals surface area contributed by atoms with Gasteiger partial charge < -0.3 is 0 Å². The largest absolute Gasteiger partial charge is 0.288 e. The Bertz CT molecular complexity index is 648. The first kappa shape index (κ1) is 14.0. The maximum Gasteiger partial charge on any atom is 0.196 e. The van der Waals surface area contributed by atoms with Crippen LogP contribution in [0.5, 0.6) is 0 Å². The summed E-state index contributed by atoms with van der Waals surface area (Å²) in [6.07, 6.45) is 0. The minimum absolute atomic E-state index is 0.111. The molecule has 0 saturated heterocycles. The van der Waals surface area contributed by atoms with Gasteiger partial charge in [-0.15, -0.1) is 0 Å². The number of carbonyl (C=O) groups is 1. The minimum Gasteiger partial charge on any atom is -0.288 e. The van der Waals surface area contributed by atoms with E-state index in [0.29, 0.717) is 0 Å². The molecule has 0 aliphatic rings. The number of rotatable bonds is 2. The third-order valence-corrected chi connectivity index (χ3v) is 3.08. The zero-order valence-corrected chi connectivity index (χ0v) is 11.3. The Labute approximate surface area is 118 Å². The second kappa shape index (κ2) is 5.27. The molecule has 0 bridgehead atoms. The monoisotopic (exact) mass is 300 g/mol. The lowest BCUT2D eigenvalue weighted by molar-refractivity contribution is 0.103. The van der Waals surface area contributed by atoms with E-state index in [1.807, 2.05) is 0 Å².